The summed E-state index contributed by atoms with van der Waals surface area (Å²) in [5.74, 6) is -0.945. The molecule has 3 rings (SSSR count). The molecule has 0 fully saturated rings. The predicted molar refractivity (Wildman–Crippen MR) is 91.6 cm³/mol. The van der Waals surface area contributed by atoms with E-state index in [1.165, 1.54) is 24.4 Å². The summed E-state index contributed by atoms with van der Waals surface area (Å²) in [4.78, 5) is 24.8. The zero-order valence-electron chi connectivity index (χ0n) is 13.3. The van der Waals surface area contributed by atoms with Crippen molar-refractivity contribution in [3.63, 3.8) is 0 Å². The SMILES string of the molecule is Cn1cc(C(=O)NCCc2ccccc2)c(=O)c2cc(F)ccc21. The van der Waals surface area contributed by atoms with Gasteiger partial charge >= 0.3 is 0 Å². The highest BCUT2D eigenvalue weighted by Gasteiger charge is 2.14. The molecule has 5 heteroatoms. The van der Waals surface area contributed by atoms with Crippen molar-refractivity contribution in [1.82, 2.24) is 9.88 Å². The highest BCUT2D eigenvalue weighted by molar-refractivity contribution is 5.97. The Balaban J connectivity index is 1.82. The number of amides is 1. The van der Waals surface area contributed by atoms with Crippen molar-refractivity contribution >= 4 is 16.8 Å². The molecule has 3 aromatic rings. The Labute approximate surface area is 138 Å². The van der Waals surface area contributed by atoms with Crippen LogP contribution in [0.5, 0.6) is 0 Å². The molecule has 0 saturated carbocycles. The first-order valence-electron chi connectivity index (χ1n) is 7.67. The molecular weight excluding hydrogens is 307 g/mol. The van der Waals surface area contributed by atoms with Crippen LogP contribution in [0.25, 0.3) is 10.9 Å². The number of nitrogens with zero attached hydrogens (tertiary/aromatic N) is 1. The number of fused-ring (bicyclic) bond motifs is 1. The Morgan fingerprint density at radius 1 is 1.17 bits per heavy atom. The van der Waals surface area contributed by atoms with Gasteiger partial charge in [0, 0.05) is 25.2 Å². The third kappa shape index (κ3) is 3.20. The number of halogens is 1. The van der Waals surface area contributed by atoms with Gasteiger partial charge in [0.1, 0.15) is 11.4 Å². The quantitative estimate of drug-likeness (QED) is 0.802. The molecule has 0 aliphatic carbocycles. The lowest BCUT2D eigenvalue weighted by molar-refractivity contribution is 0.0952. The van der Waals surface area contributed by atoms with Crippen LogP contribution in [-0.4, -0.2) is 17.0 Å². The fourth-order valence-electron chi connectivity index (χ4n) is 2.69. The summed E-state index contributed by atoms with van der Waals surface area (Å²) in [5.41, 5.74) is 1.25. The van der Waals surface area contributed by atoms with Gasteiger partial charge in [-0.25, -0.2) is 4.39 Å². The van der Waals surface area contributed by atoms with Crippen molar-refractivity contribution in [3.05, 3.63) is 81.9 Å². The minimum atomic E-state index is -0.499. The third-order valence-corrected chi connectivity index (χ3v) is 3.94. The Bertz CT molecular complexity index is 949. The summed E-state index contributed by atoms with van der Waals surface area (Å²) in [5, 5.41) is 2.95. The Morgan fingerprint density at radius 2 is 1.92 bits per heavy atom. The summed E-state index contributed by atoms with van der Waals surface area (Å²) in [6.07, 6.45) is 2.16. The second-order valence-corrected chi connectivity index (χ2v) is 5.64. The zero-order chi connectivity index (χ0) is 17.1. The van der Waals surface area contributed by atoms with Crippen molar-refractivity contribution < 1.29 is 9.18 Å². The van der Waals surface area contributed by atoms with Gasteiger partial charge in [0.15, 0.2) is 0 Å². The molecule has 0 spiro atoms. The molecule has 0 atom stereocenters. The van der Waals surface area contributed by atoms with E-state index in [0.29, 0.717) is 18.5 Å². The van der Waals surface area contributed by atoms with Gasteiger partial charge in [-0.15, -0.1) is 0 Å². The molecule has 1 N–H and O–H groups in total. The average molecular weight is 324 g/mol. The molecule has 0 aliphatic rings. The number of hydrogen-bond donors (Lipinski definition) is 1. The van der Waals surface area contributed by atoms with Gasteiger partial charge in [0.05, 0.1) is 5.52 Å². The summed E-state index contributed by atoms with van der Waals surface area (Å²) >= 11 is 0. The number of benzene rings is 2. The van der Waals surface area contributed by atoms with Gasteiger partial charge < -0.3 is 9.88 Å². The maximum absolute atomic E-state index is 13.4. The molecule has 0 unspecified atom stereocenters. The Hall–Kier alpha value is -2.95. The van der Waals surface area contributed by atoms with E-state index in [1.54, 1.807) is 11.6 Å². The first kappa shape index (κ1) is 15.9. The van der Waals surface area contributed by atoms with Crippen molar-refractivity contribution in [2.45, 2.75) is 6.42 Å². The Morgan fingerprint density at radius 3 is 2.67 bits per heavy atom. The number of carbonyl (C=O) groups excluding carboxylic acids is 1. The van der Waals surface area contributed by atoms with Crippen LogP contribution in [0.3, 0.4) is 0 Å². The molecular formula is C19H17FN2O2. The summed E-state index contributed by atoms with van der Waals surface area (Å²) in [7, 11) is 1.72. The third-order valence-electron chi connectivity index (χ3n) is 3.94. The monoisotopic (exact) mass is 324 g/mol. The lowest BCUT2D eigenvalue weighted by atomic mass is 10.1. The molecule has 122 valence electrons. The van der Waals surface area contributed by atoms with Crippen molar-refractivity contribution in [3.8, 4) is 0 Å². The maximum atomic E-state index is 13.4. The summed E-state index contributed by atoms with van der Waals surface area (Å²) < 4.78 is 15.1. The van der Waals surface area contributed by atoms with Gasteiger partial charge in [0.25, 0.3) is 5.91 Å². The van der Waals surface area contributed by atoms with E-state index in [0.717, 1.165) is 5.56 Å². The van der Waals surface area contributed by atoms with Gasteiger partial charge in [-0.05, 0) is 30.2 Å². The van der Waals surface area contributed by atoms with Crippen LogP contribution in [-0.2, 0) is 13.5 Å². The number of aromatic nitrogens is 1. The van der Waals surface area contributed by atoms with E-state index < -0.39 is 17.2 Å². The van der Waals surface area contributed by atoms with Crippen LogP contribution < -0.4 is 10.7 Å². The first-order valence-corrected chi connectivity index (χ1v) is 7.67. The van der Waals surface area contributed by atoms with E-state index in [-0.39, 0.29) is 10.9 Å². The molecule has 0 radical (unpaired) electrons. The van der Waals surface area contributed by atoms with E-state index in [2.05, 4.69) is 5.32 Å². The molecule has 4 nitrogen and oxygen atoms in total. The number of hydrogen-bond acceptors (Lipinski definition) is 2. The molecule has 0 bridgehead atoms. The average Bonchev–Trinajstić information content (AvgIpc) is 2.58. The molecule has 1 heterocycles. The van der Waals surface area contributed by atoms with Crippen LogP contribution in [0.1, 0.15) is 15.9 Å². The van der Waals surface area contributed by atoms with Gasteiger partial charge in [-0.1, -0.05) is 30.3 Å². The highest BCUT2D eigenvalue weighted by atomic mass is 19.1. The van der Waals surface area contributed by atoms with Crippen LogP contribution >= 0.6 is 0 Å². The largest absolute Gasteiger partial charge is 0.352 e. The predicted octanol–water partition coefficient (Wildman–Crippen LogP) is 2.65. The second kappa shape index (κ2) is 6.66. The smallest absolute Gasteiger partial charge is 0.256 e. The molecule has 1 amide bonds. The number of rotatable bonds is 4. The number of aryl methyl sites for hydroxylation is 1. The van der Waals surface area contributed by atoms with Crippen LogP contribution in [0.2, 0.25) is 0 Å². The highest BCUT2D eigenvalue weighted by Crippen LogP contribution is 2.12. The Kier molecular flexibility index (Phi) is 4.42. The van der Waals surface area contributed by atoms with E-state index >= 15 is 0 Å². The number of nitrogens with one attached hydrogen (secondary N) is 1. The van der Waals surface area contributed by atoms with Gasteiger partial charge in [-0.2, -0.15) is 0 Å². The minimum absolute atomic E-state index is 0.0173. The van der Waals surface area contributed by atoms with Crippen molar-refractivity contribution in [2.24, 2.45) is 7.05 Å². The van der Waals surface area contributed by atoms with Gasteiger partial charge in [0.2, 0.25) is 5.43 Å². The molecule has 2 aromatic carbocycles. The molecule has 0 saturated heterocycles. The molecule has 24 heavy (non-hydrogen) atoms. The van der Waals surface area contributed by atoms with Crippen molar-refractivity contribution in [2.75, 3.05) is 6.54 Å². The second-order valence-electron chi connectivity index (χ2n) is 5.64. The lowest BCUT2D eigenvalue weighted by Crippen LogP contribution is -2.31. The standard InChI is InChI=1S/C19H17FN2O2/c1-22-12-16(18(23)15-11-14(20)7-8-17(15)22)19(24)21-10-9-13-5-3-2-4-6-13/h2-8,11-12H,9-10H2,1H3,(H,21,24). The van der Waals surface area contributed by atoms with Crippen LogP contribution in [0.4, 0.5) is 4.39 Å². The number of carbonyl (C=O) groups is 1. The molecule has 0 aliphatic heterocycles. The fourth-order valence-corrected chi connectivity index (χ4v) is 2.69. The number of pyridine rings is 1. The lowest BCUT2D eigenvalue weighted by Gasteiger charge is -2.10. The van der Waals surface area contributed by atoms with E-state index in [9.17, 15) is 14.0 Å². The van der Waals surface area contributed by atoms with Crippen molar-refractivity contribution in [1.29, 1.82) is 0 Å². The van der Waals surface area contributed by atoms with E-state index in [4.69, 9.17) is 0 Å². The van der Waals surface area contributed by atoms with Gasteiger partial charge in [-0.3, -0.25) is 9.59 Å². The fraction of sp³-hybridized carbons (Fsp3) is 0.158. The first-order chi connectivity index (χ1) is 11.6. The van der Waals surface area contributed by atoms with E-state index in [1.807, 2.05) is 30.3 Å². The topological polar surface area (TPSA) is 51.1 Å². The summed E-state index contributed by atoms with van der Waals surface area (Å²) in [6, 6.07) is 13.7. The van der Waals surface area contributed by atoms with Crippen LogP contribution in [0.15, 0.2) is 59.5 Å². The molecule has 1 aromatic heterocycles. The minimum Gasteiger partial charge on any atom is -0.352 e. The normalized spacial score (nSPS) is 10.8. The maximum Gasteiger partial charge on any atom is 0.256 e. The van der Waals surface area contributed by atoms with Crippen LogP contribution in [0, 0.1) is 5.82 Å². The summed E-state index contributed by atoms with van der Waals surface area (Å²) in [6.45, 7) is 0.424. The zero-order valence-corrected chi connectivity index (χ0v) is 13.3.